The summed E-state index contributed by atoms with van der Waals surface area (Å²) in [6.07, 6.45) is 5.23. The zero-order valence-corrected chi connectivity index (χ0v) is 43.5. The number of likely N-dealkylation sites (tertiary alicyclic amines) is 1. The van der Waals surface area contributed by atoms with Crippen molar-refractivity contribution in [3.8, 4) is 22.4 Å². The number of carbonyl (C=O) groups excluding carboxylic acids is 5. The Morgan fingerprint density at radius 1 is 1.06 bits per heavy atom. The number of rotatable bonds is 11. The molecule has 5 heterocycles. The first-order valence-electron chi connectivity index (χ1n) is 23.7. The van der Waals surface area contributed by atoms with Gasteiger partial charge in [-0.2, -0.15) is 0 Å². The third kappa shape index (κ3) is 10.1. The SMILES string of the molecule is C=CC(=O)N1CC[C@H]([C](=O)[In]([CH3])[C@H](C(=O)N[C@H]2Cc3cccc(c3)-c3ccc4c(c3)c(c(-c3cccnc3[C@H](C)OC)n4CC)CC(C)(C)COC(=O)[C@@H]3CCCN(N3)C2=O)C(C)C)[C@@H]1C. The van der Waals surface area contributed by atoms with E-state index in [1.165, 1.54) is 11.1 Å². The number of fused-ring (bicyclic) bond motifs is 6. The van der Waals surface area contributed by atoms with Crippen molar-refractivity contribution >= 4 is 59.6 Å². The number of methoxy groups -OCH3 is 1. The number of aryl methyl sites for hydroxylation is 1. The molecule has 0 spiro atoms. The van der Waals surface area contributed by atoms with E-state index in [2.05, 4.69) is 79.1 Å². The van der Waals surface area contributed by atoms with Crippen LogP contribution in [0.3, 0.4) is 0 Å². The number of nitrogens with zero attached hydrogens (tertiary/aromatic N) is 4. The summed E-state index contributed by atoms with van der Waals surface area (Å²) in [5.41, 5.74) is 10.6. The molecule has 0 unspecified atom stereocenters. The molecule has 14 heteroatoms. The van der Waals surface area contributed by atoms with Crippen LogP contribution >= 0.6 is 0 Å². The van der Waals surface area contributed by atoms with Gasteiger partial charge in [-0.05, 0) is 32.4 Å². The number of aromatic nitrogens is 2. The Morgan fingerprint density at radius 2 is 1.82 bits per heavy atom. The van der Waals surface area contributed by atoms with Gasteiger partial charge in [-0.1, -0.05) is 13.8 Å². The van der Waals surface area contributed by atoms with Gasteiger partial charge in [0.2, 0.25) is 0 Å². The Balaban J connectivity index is 1.29. The number of cyclic esters (lactones) is 1. The number of pyridine rings is 1. The molecule has 0 radical (unpaired) electrons. The monoisotopic (exact) mass is 1000 g/mol. The molecule has 0 saturated carbocycles. The van der Waals surface area contributed by atoms with Crippen molar-refractivity contribution < 1.29 is 33.4 Å². The van der Waals surface area contributed by atoms with Gasteiger partial charge in [0.1, 0.15) is 0 Å². The number of hydrazine groups is 1. The number of hydrogen-bond acceptors (Lipinski definition) is 9. The van der Waals surface area contributed by atoms with E-state index >= 15 is 0 Å². The van der Waals surface area contributed by atoms with E-state index in [0.29, 0.717) is 45.3 Å². The Labute approximate surface area is 397 Å². The van der Waals surface area contributed by atoms with Gasteiger partial charge in [-0.3, -0.25) is 4.98 Å². The first kappa shape index (κ1) is 49.1. The molecule has 66 heavy (non-hydrogen) atoms. The van der Waals surface area contributed by atoms with Crippen molar-refractivity contribution in [1.29, 1.82) is 0 Å². The molecular formula is C52H67InN6O7. The minimum atomic E-state index is -3.39. The van der Waals surface area contributed by atoms with Crippen molar-refractivity contribution in [2.45, 2.75) is 120 Å². The van der Waals surface area contributed by atoms with Crippen LogP contribution in [0.1, 0.15) is 90.7 Å². The fourth-order valence-corrected chi connectivity index (χ4v) is 19.7. The second-order valence-corrected chi connectivity index (χ2v) is 27.9. The fourth-order valence-electron chi connectivity index (χ4n) is 10.6. The topological polar surface area (TPSA) is 152 Å². The molecule has 3 amide bonds. The number of benzene rings is 2. The summed E-state index contributed by atoms with van der Waals surface area (Å²) in [6, 6.07) is 16.7. The maximum atomic E-state index is 14.8. The second kappa shape index (κ2) is 20.6. The molecule has 3 aliphatic rings. The van der Waals surface area contributed by atoms with Gasteiger partial charge in [-0.15, -0.1) is 0 Å². The van der Waals surface area contributed by atoms with Crippen molar-refractivity contribution in [3.05, 3.63) is 90.3 Å². The van der Waals surface area contributed by atoms with Crippen LogP contribution in [0.5, 0.6) is 0 Å². The summed E-state index contributed by atoms with van der Waals surface area (Å²) in [5, 5.41) is 5.72. The summed E-state index contributed by atoms with van der Waals surface area (Å²) in [7, 11) is 1.69. The van der Waals surface area contributed by atoms with Crippen LogP contribution in [-0.2, 0) is 52.8 Å². The van der Waals surface area contributed by atoms with Gasteiger partial charge in [0, 0.05) is 25.4 Å². The van der Waals surface area contributed by atoms with Crippen LogP contribution in [0, 0.1) is 17.3 Å². The standard InChI is InChI=1S/C42H52N5O5.C9H12NO2.CH3.In/c1-8-46-36-17-16-30-23-32(36)33(39(46)31-14-10-18-43-38(31)27(4)51-7)24-42(5,6)25-52-41(50)34-15-11-19-47(45-34)40(49)35(44-37(48)20-26(2)3)22-28-12-9-13-29(30)21-28;1-3-9(12)10-5-4-8(6-11)7(10)2;;/h9-10,12-14,16-18,20-21,23,26-27,34-35,45H,8,11,15,19,22,24-25H2,1-7H3,(H,44,48);3,7-8H,1,4-5H2,2H3;1H3;/t27-,34-,35-;7-,8+;;/m00../s1. The van der Waals surface area contributed by atoms with Crippen LogP contribution in [0.25, 0.3) is 33.3 Å². The Morgan fingerprint density at radius 3 is 2.53 bits per heavy atom. The molecule has 3 aliphatic heterocycles. The predicted molar refractivity (Wildman–Crippen MR) is 258 cm³/mol. The van der Waals surface area contributed by atoms with Crippen LogP contribution in [-0.4, -0.2) is 113 Å². The van der Waals surface area contributed by atoms with E-state index in [1.807, 2.05) is 50.6 Å². The summed E-state index contributed by atoms with van der Waals surface area (Å²) in [5.74, 6) is -1.77. The molecule has 13 nitrogen and oxygen atoms in total. The van der Waals surface area contributed by atoms with Crippen LogP contribution in [0.15, 0.2) is 73.4 Å². The average Bonchev–Trinajstić information content (AvgIpc) is 3.85. The zero-order chi connectivity index (χ0) is 47.6. The number of esters is 1. The molecule has 2 aromatic carbocycles. The molecule has 4 aromatic rings. The Bertz CT molecular complexity index is 2500. The van der Waals surface area contributed by atoms with Crippen molar-refractivity contribution in [1.82, 2.24) is 30.2 Å². The first-order chi connectivity index (χ1) is 31.5. The summed E-state index contributed by atoms with van der Waals surface area (Å²) in [6.45, 7) is 19.5. The van der Waals surface area contributed by atoms with Gasteiger partial charge in [0.05, 0.1) is 17.5 Å². The van der Waals surface area contributed by atoms with Crippen molar-refractivity contribution in [3.63, 3.8) is 0 Å². The van der Waals surface area contributed by atoms with E-state index in [9.17, 15) is 24.0 Å². The predicted octanol–water partition coefficient (Wildman–Crippen LogP) is 7.43. The van der Waals surface area contributed by atoms with Crippen molar-refractivity contribution in [2.24, 2.45) is 17.3 Å². The first-order valence-corrected chi connectivity index (χ1v) is 30.6. The van der Waals surface area contributed by atoms with E-state index < -0.39 is 48.6 Å². The molecule has 7 rings (SSSR count). The summed E-state index contributed by atoms with van der Waals surface area (Å²) < 4.78 is 15.9. The Hall–Kier alpha value is -4.79. The number of hydrogen-bond donors (Lipinski definition) is 2. The molecular weight excluding hydrogens is 935 g/mol. The molecule has 2 fully saturated rings. The number of carbonyl (C=O) groups is 5. The fraction of sp³-hybridized carbons (Fsp3) is 0.500. The van der Waals surface area contributed by atoms with E-state index in [0.717, 1.165) is 50.1 Å². The van der Waals surface area contributed by atoms with Crippen LogP contribution in [0.2, 0.25) is 8.35 Å². The minimum absolute atomic E-state index is 0.135. The van der Waals surface area contributed by atoms with E-state index in [1.54, 1.807) is 18.2 Å². The molecule has 6 bridgehead atoms. The van der Waals surface area contributed by atoms with Gasteiger partial charge in [-0.25, -0.2) is 0 Å². The molecule has 2 saturated heterocycles. The number of ether oxygens (including phenoxy) is 2. The summed E-state index contributed by atoms with van der Waals surface area (Å²) in [4.78, 5) is 76.7. The average molecular weight is 1000 g/mol. The quantitative estimate of drug-likeness (QED) is 0.116. The van der Waals surface area contributed by atoms with E-state index in [4.69, 9.17) is 14.5 Å². The zero-order valence-electron chi connectivity index (χ0n) is 40.2. The van der Waals surface area contributed by atoms with Crippen LogP contribution < -0.4 is 10.7 Å². The Kier molecular flexibility index (Phi) is 15.3. The van der Waals surface area contributed by atoms with Gasteiger partial charge in [0.15, 0.2) is 0 Å². The maximum absolute atomic E-state index is 14.8. The van der Waals surface area contributed by atoms with Gasteiger partial charge in [0.25, 0.3) is 0 Å². The van der Waals surface area contributed by atoms with Crippen molar-refractivity contribution in [2.75, 3.05) is 26.8 Å². The molecule has 350 valence electrons. The number of amides is 3. The molecule has 0 aliphatic carbocycles. The van der Waals surface area contributed by atoms with E-state index in [-0.39, 0.29) is 58.3 Å². The second-order valence-electron chi connectivity index (χ2n) is 19.7. The number of nitrogens with one attached hydrogen (secondary N) is 2. The third-order valence-electron chi connectivity index (χ3n) is 14.2. The van der Waals surface area contributed by atoms with Gasteiger partial charge < -0.3 is 9.30 Å². The normalized spacial score (nSPS) is 22.1. The third-order valence-corrected chi connectivity index (χ3v) is 24.1. The van der Waals surface area contributed by atoms with Crippen LogP contribution in [0.4, 0.5) is 0 Å². The molecule has 2 N–H and O–H groups in total. The van der Waals surface area contributed by atoms with Gasteiger partial charge >= 0.3 is 296 Å². The summed E-state index contributed by atoms with van der Waals surface area (Å²) >= 11 is -3.39. The molecule has 6 atom stereocenters. The molecule has 2 aromatic heterocycles.